The molecule has 1 aromatic heterocycles. The molecule has 0 bridgehead atoms. The third-order valence-electron chi connectivity index (χ3n) is 5.76. The van der Waals surface area contributed by atoms with E-state index in [-0.39, 0.29) is 24.3 Å². The fourth-order valence-corrected chi connectivity index (χ4v) is 3.99. The Balaban J connectivity index is 1.60. The SMILES string of the molecule is CC(C)CCN1CCNC(=O)C1CC(=O)N(C)Cc1n[nH]c2c1CCCC2. The molecular formula is C20H33N5O2. The predicted molar refractivity (Wildman–Crippen MR) is 104 cm³/mol. The molecule has 1 atom stereocenters. The smallest absolute Gasteiger partial charge is 0.237 e. The lowest BCUT2D eigenvalue weighted by molar-refractivity contribution is -0.138. The Bertz CT molecular complexity index is 669. The zero-order chi connectivity index (χ0) is 19.4. The van der Waals surface area contributed by atoms with Crippen molar-refractivity contribution in [3.05, 3.63) is 17.0 Å². The minimum absolute atomic E-state index is 0.000781. The molecule has 1 aliphatic heterocycles. The molecule has 0 spiro atoms. The fourth-order valence-electron chi connectivity index (χ4n) is 3.99. The number of aromatic nitrogens is 2. The van der Waals surface area contributed by atoms with Crippen LogP contribution in [0.2, 0.25) is 0 Å². The first-order chi connectivity index (χ1) is 13.0. The number of rotatable bonds is 7. The quantitative estimate of drug-likeness (QED) is 0.756. The highest BCUT2D eigenvalue weighted by molar-refractivity contribution is 5.88. The number of hydrogen-bond acceptors (Lipinski definition) is 4. The Hall–Kier alpha value is -1.89. The van der Waals surface area contributed by atoms with Gasteiger partial charge in [0.2, 0.25) is 11.8 Å². The summed E-state index contributed by atoms with van der Waals surface area (Å²) in [5.41, 5.74) is 3.49. The maximum absolute atomic E-state index is 12.8. The van der Waals surface area contributed by atoms with Crippen molar-refractivity contribution >= 4 is 11.8 Å². The molecule has 3 rings (SSSR count). The average Bonchev–Trinajstić information content (AvgIpc) is 3.05. The molecule has 7 heteroatoms. The van der Waals surface area contributed by atoms with Crippen LogP contribution in [0.4, 0.5) is 0 Å². The molecule has 27 heavy (non-hydrogen) atoms. The number of aromatic amines is 1. The molecule has 1 fully saturated rings. The van der Waals surface area contributed by atoms with Crippen molar-refractivity contribution in [1.82, 2.24) is 25.3 Å². The molecular weight excluding hydrogens is 342 g/mol. The van der Waals surface area contributed by atoms with Crippen LogP contribution in [-0.4, -0.2) is 64.5 Å². The molecule has 2 amide bonds. The molecule has 1 unspecified atom stereocenters. The largest absolute Gasteiger partial charge is 0.353 e. The normalized spacial score (nSPS) is 20.4. The highest BCUT2D eigenvalue weighted by atomic mass is 16.2. The summed E-state index contributed by atoms with van der Waals surface area (Å²) in [7, 11) is 1.81. The van der Waals surface area contributed by atoms with E-state index in [4.69, 9.17) is 0 Å². The number of piperazine rings is 1. The van der Waals surface area contributed by atoms with Crippen molar-refractivity contribution in [2.45, 2.75) is 65.0 Å². The highest BCUT2D eigenvalue weighted by Gasteiger charge is 2.32. The topological polar surface area (TPSA) is 81.3 Å². The molecule has 2 aliphatic rings. The second kappa shape index (κ2) is 8.87. The number of carbonyl (C=O) groups excluding carboxylic acids is 2. The lowest BCUT2D eigenvalue weighted by Gasteiger charge is -2.35. The number of aryl methyl sites for hydroxylation is 1. The molecule has 0 aromatic carbocycles. The monoisotopic (exact) mass is 375 g/mol. The number of hydrogen-bond donors (Lipinski definition) is 2. The predicted octanol–water partition coefficient (Wildman–Crippen LogP) is 1.48. The molecule has 0 radical (unpaired) electrons. The minimum Gasteiger partial charge on any atom is -0.353 e. The van der Waals surface area contributed by atoms with E-state index in [1.807, 2.05) is 7.05 Å². The average molecular weight is 376 g/mol. The second-order valence-electron chi connectivity index (χ2n) is 8.31. The summed E-state index contributed by atoms with van der Waals surface area (Å²) in [5, 5.41) is 10.5. The van der Waals surface area contributed by atoms with E-state index in [0.29, 0.717) is 19.0 Å². The first kappa shape index (κ1) is 19.9. The maximum atomic E-state index is 12.8. The standard InChI is InChI=1S/C20H33N5O2/c1-14(2)8-10-25-11-9-21-20(27)18(25)12-19(26)24(3)13-17-15-6-4-5-7-16(15)22-23-17/h14,18H,4-13H2,1-3H3,(H,21,27)(H,22,23). The Labute approximate surface area is 161 Å². The van der Waals surface area contributed by atoms with Crippen molar-refractivity contribution in [1.29, 1.82) is 0 Å². The van der Waals surface area contributed by atoms with Crippen LogP contribution in [-0.2, 0) is 29.0 Å². The van der Waals surface area contributed by atoms with Gasteiger partial charge in [-0.15, -0.1) is 0 Å². The molecule has 150 valence electrons. The van der Waals surface area contributed by atoms with Gasteiger partial charge in [-0.3, -0.25) is 19.6 Å². The summed E-state index contributed by atoms with van der Waals surface area (Å²) in [4.78, 5) is 29.1. The zero-order valence-electron chi connectivity index (χ0n) is 16.9. The molecule has 2 N–H and O–H groups in total. The number of carbonyl (C=O) groups is 2. The number of amides is 2. The third kappa shape index (κ3) is 4.89. The first-order valence-corrected chi connectivity index (χ1v) is 10.3. The summed E-state index contributed by atoms with van der Waals surface area (Å²) in [5.74, 6) is 0.558. The van der Waals surface area contributed by atoms with Gasteiger partial charge in [-0.2, -0.15) is 5.10 Å². The van der Waals surface area contributed by atoms with Crippen LogP contribution in [0.25, 0.3) is 0 Å². The van der Waals surface area contributed by atoms with Gasteiger partial charge in [0, 0.05) is 25.8 Å². The Kier molecular flexibility index (Phi) is 6.52. The van der Waals surface area contributed by atoms with E-state index < -0.39 is 0 Å². The van der Waals surface area contributed by atoms with E-state index in [1.54, 1.807) is 4.90 Å². The van der Waals surface area contributed by atoms with Gasteiger partial charge < -0.3 is 10.2 Å². The second-order valence-corrected chi connectivity index (χ2v) is 8.31. The molecule has 0 saturated carbocycles. The third-order valence-corrected chi connectivity index (χ3v) is 5.76. The maximum Gasteiger partial charge on any atom is 0.237 e. The van der Waals surface area contributed by atoms with Crippen molar-refractivity contribution < 1.29 is 9.59 Å². The summed E-state index contributed by atoms with van der Waals surface area (Å²) in [6.07, 6.45) is 5.74. The van der Waals surface area contributed by atoms with E-state index in [1.165, 1.54) is 24.1 Å². The van der Waals surface area contributed by atoms with Crippen LogP contribution >= 0.6 is 0 Å². The van der Waals surface area contributed by atoms with E-state index in [0.717, 1.165) is 38.0 Å². The van der Waals surface area contributed by atoms with Gasteiger partial charge in [-0.1, -0.05) is 13.8 Å². The lowest BCUT2D eigenvalue weighted by atomic mass is 9.96. The fraction of sp³-hybridized carbons (Fsp3) is 0.750. The summed E-state index contributed by atoms with van der Waals surface area (Å²) >= 11 is 0. The summed E-state index contributed by atoms with van der Waals surface area (Å²) < 4.78 is 0. The van der Waals surface area contributed by atoms with Crippen LogP contribution < -0.4 is 5.32 Å². The van der Waals surface area contributed by atoms with Gasteiger partial charge in [0.1, 0.15) is 0 Å². The Morgan fingerprint density at radius 1 is 1.33 bits per heavy atom. The van der Waals surface area contributed by atoms with Gasteiger partial charge in [0.05, 0.1) is 24.7 Å². The molecule has 2 heterocycles. The minimum atomic E-state index is -0.361. The van der Waals surface area contributed by atoms with Crippen molar-refractivity contribution in [2.75, 3.05) is 26.7 Å². The molecule has 7 nitrogen and oxygen atoms in total. The molecule has 1 aromatic rings. The van der Waals surface area contributed by atoms with Crippen LogP contribution in [0.1, 0.15) is 56.5 Å². The molecule has 1 aliphatic carbocycles. The van der Waals surface area contributed by atoms with Crippen LogP contribution in [0.3, 0.4) is 0 Å². The van der Waals surface area contributed by atoms with Gasteiger partial charge in [0.15, 0.2) is 0 Å². The van der Waals surface area contributed by atoms with Crippen molar-refractivity contribution in [3.8, 4) is 0 Å². The highest BCUT2D eigenvalue weighted by Crippen LogP contribution is 2.23. The molecule has 1 saturated heterocycles. The number of nitrogens with zero attached hydrogens (tertiary/aromatic N) is 3. The van der Waals surface area contributed by atoms with E-state index in [2.05, 4.69) is 34.3 Å². The van der Waals surface area contributed by atoms with Gasteiger partial charge in [-0.25, -0.2) is 0 Å². The number of nitrogens with one attached hydrogen (secondary N) is 2. The first-order valence-electron chi connectivity index (χ1n) is 10.3. The zero-order valence-corrected chi connectivity index (χ0v) is 16.9. The van der Waals surface area contributed by atoms with Gasteiger partial charge >= 0.3 is 0 Å². The lowest BCUT2D eigenvalue weighted by Crippen LogP contribution is -2.56. The Morgan fingerprint density at radius 2 is 2.11 bits per heavy atom. The van der Waals surface area contributed by atoms with Gasteiger partial charge in [-0.05, 0) is 50.1 Å². The number of fused-ring (bicyclic) bond motifs is 1. The number of H-pyrrole nitrogens is 1. The summed E-state index contributed by atoms with van der Waals surface area (Å²) in [6, 6.07) is -0.361. The van der Waals surface area contributed by atoms with E-state index in [9.17, 15) is 9.59 Å². The Morgan fingerprint density at radius 3 is 2.89 bits per heavy atom. The van der Waals surface area contributed by atoms with Crippen LogP contribution in [0, 0.1) is 5.92 Å². The van der Waals surface area contributed by atoms with Crippen molar-refractivity contribution in [3.63, 3.8) is 0 Å². The van der Waals surface area contributed by atoms with Gasteiger partial charge in [0.25, 0.3) is 0 Å². The van der Waals surface area contributed by atoms with E-state index >= 15 is 0 Å². The van der Waals surface area contributed by atoms with Crippen LogP contribution in [0.5, 0.6) is 0 Å². The summed E-state index contributed by atoms with van der Waals surface area (Å²) in [6.45, 7) is 7.21. The van der Waals surface area contributed by atoms with Crippen molar-refractivity contribution in [2.24, 2.45) is 5.92 Å². The van der Waals surface area contributed by atoms with Crippen LogP contribution in [0.15, 0.2) is 0 Å².